The first-order valence-corrected chi connectivity index (χ1v) is 8.61. The molecule has 0 amide bonds. The third-order valence-corrected chi connectivity index (χ3v) is 5.02. The molecule has 2 nitrogen and oxygen atoms in total. The van der Waals surface area contributed by atoms with Crippen molar-refractivity contribution in [3.05, 3.63) is 60.4 Å². The lowest BCUT2D eigenvalue weighted by Crippen LogP contribution is -2.16. The van der Waals surface area contributed by atoms with E-state index in [1.54, 1.807) is 11.3 Å². The van der Waals surface area contributed by atoms with Crippen LogP contribution in [0.5, 0.6) is 0 Å². The van der Waals surface area contributed by atoms with Gasteiger partial charge < -0.3 is 0 Å². The summed E-state index contributed by atoms with van der Waals surface area (Å²) in [6.45, 7) is 6.49. The van der Waals surface area contributed by atoms with Crippen LogP contribution in [0.4, 0.5) is 0 Å². The topological polar surface area (TPSA) is 25.8 Å². The van der Waals surface area contributed by atoms with Gasteiger partial charge in [0, 0.05) is 26.5 Å². The Morgan fingerprint density at radius 1 is 0.826 bits per heavy atom. The summed E-state index contributed by atoms with van der Waals surface area (Å²) in [4.78, 5) is 10.9. The van der Waals surface area contributed by atoms with E-state index in [9.17, 15) is 0 Å². The van der Waals surface area contributed by atoms with Crippen LogP contribution in [0.15, 0.2) is 54.6 Å². The lowest BCUT2D eigenvalue weighted by Gasteiger charge is -2.17. The molecule has 114 valence electrons. The molecule has 0 aliphatic carbocycles. The van der Waals surface area contributed by atoms with Crippen molar-refractivity contribution in [2.75, 3.05) is 0 Å². The Hall–Kier alpha value is -2.26. The van der Waals surface area contributed by atoms with Crippen molar-refractivity contribution < 1.29 is 0 Å². The van der Waals surface area contributed by atoms with Crippen molar-refractivity contribution >= 4 is 31.6 Å². The lowest BCUT2D eigenvalue weighted by atomic mass is 9.95. The van der Waals surface area contributed by atoms with E-state index in [4.69, 9.17) is 9.97 Å². The van der Waals surface area contributed by atoms with Crippen LogP contribution in [-0.4, -0.2) is 9.97 Å². The van der Waals surface area contributed by atoms with Gasteiger partial charge in [-0.05, 0) is 6.07 Å². The maximum absolute atomic E-state index is 4.96. The largest absolute Gasteiger partial charge is 0.232 e. The molecule has 3 heteroatoms. The first kappa shape index (κ1) is 14.3. The molecule has 0 atom stereocenters. The van der Waals surface area contributed by atoms with E-state index in [1.165, 1.54) is 15.5 Å². The Balaban J connectivity index is 2.16. The van der Waals surface area contributed by atoms with Crippen molar-refractivity contribution in [1.82, 2.24) is 9.97 Å². The zero-order valence-corrected chi connectivity index (χ0v) is 14.3. The Labute approximate surface area is 139 Å². The van der Waals surface area contributed by atoms with Crippen molar-refractivity contribution in [3.63, 3.8) is 0 Å². The van der Waals surface area contributed by atoms with Gasteiger partial charge in [-0.15, -0.1) is 11.3 Å². The van der Waals surface area contributed by atoms with Gasteiger partial charge in [0.15, 0.2) is 0 Å². The third kappa shape index (κ3) is 2.41. The van der Waals surface area contributed by atoms with Crippen molar-refractivity contribution in [3.8, 4) is 11.3 Å². The van der Waals surface area contributed by atoms with Gasteiger partial charge in [-0.3, -0.25) is 0 Å². The second-order valence-electron chi connectivity index (χ2n) is 6.79. The minimum Gasteiger partial charge on any atom is -0.232 e. The normalized spacial score (nSPS) is 12.1. The van der Waals surface area contributed by atoms with E-state index in [0.29, 0.717) is 0 Å². The SMILES string of the molecule is CC(C)(C)c1nc(-c2ccccc2)c2c(n1)sc1ccccc12. The molecule has 4 rings (SSSR count). The predicted molar refractivity (Wildman–Crippen MR) is 99.1 cm³/mol. The van der Waals surface area contributed by atoms with E-state index in [2.05, 4.69) is 69.3 Å². The number of thiophene rings is 1. The van der Waals surface area contributed by atoms with Gasteiger partial charge in [0.1, 0.15) is 10.7 Å². The molecule has 2 heterocycles. The van der Waals surface area contributed by atoms with Gasteiger partial charge in [0.25, 0.3) is 0 Å². The van der Waals surface area contributed by atoms with Crippen LogP contribution >= 0.6 is 11.3 Å². The molecule has 0 fully saturated rings. The second kappa shape index (κ2) is 5.14. The number of benzene rings is 2. The van der Waals surface area contributed by atoms with Crippen LogP contribution in [0, 0.1) is 0 Å². The van der Waals surface area contributed by atoms with E-state index in [0.717, 1.165) is 21.9 Å². The zero-order valence-electron chi connectivity index (χ0n) is 13.5. The minimum absolute atomic E-state index is 0.0755. The molecule has 0 N–H and O–H groups in total. The molecule has 0 radical (unpaired) electrons. The number of nitrogens with zero attached hydrogens (tertiary/aromatic N) is 2. The number of hydrogen-bond donors (Lipinski definition) is 0. The van der Waals surface area contributed by atoms with Gasteiger partial charge in [-0.25, -0.2) is 9.97 Å². The molecule has 0 aliphatic heterocycles. The second-order valence-corrected chi connectivity index (χ2v) is 7.82. The summed E-state index contributed by atoms with van der Waals surface area (Å²) in [5, 5.41) is 2.41. The maximum Gasteiger partial charge on any atom is 0.136 e. The molecule has 0 aliphatic rings. The summed E-state index contributed by atoms with van der Waals surface area (Å²) >= 11 is 1.75. The average Bonchev–Trinajstić information content (AvgIpc) is 2.92. The molecule has 0 bridgehead atoms. The Bertz CT molecular complexity index is 995. The molecule has 4 aromatic rings. The fourth-order valence-electron chi connectivity index (χ4n) is 2.76. The van der Waals surface area contributed by atoms with Crippen molar-refractivity contribution in [1.29, 1.82) is 0 Å². The summed E-state index contributed by atoms with van der Waals surface area (Å²) in [5.41, 5.74) is 2.11. The Kier molecular flexibility index (Phi) is 3.20. The van der Waals surface area contributed by atoms with E-state index in [1.807, 2.05) is 6.07 Å². The highest BCUT2D eigenvalue weighted by Crippen LogP contribution is 2.39. The molecular formula is C20H18N2S. The molecule has 2 aromatic heterocycles. The summed E-state index contributed by atoms with van der Waals surface area (Å²) < 4.78 is 1.26. The Morgan fingerprint density at radius 2 is 1.52 bits per heavy atom. The lowest BCUT2D eigenvalue weighted by molar-refractivity contribution is 0.549. The highest BCUT2D eigenvalue weighted by molar-refractivity contribution is 7.25. The van der Waals surface area contributed by atoms with Crippen molar-refractivity contribution in [2.45, 2.75) is 26.2 Å². The third-order valence-electron chi connectivity index (χ3n) is 3.96. The van der Waals surface area contributed by atoms with Crippen LogP contribution in [0.2, 0.25) is 0 Å². The summed E-state index contributed by atoms with van der Waals surface area (Å²) in [6.07, 6.45) is 0. The van der Waals surface area contributed by atoms with Crippen LogP contribution in [0.25, 0.3) is 31.6 Å². The molecular weight excluding hydrogens is 300 g/mol. The summed E-state index contributed by atoms with van der Waals surface area (Å²) in [7, 11) is 0. The number of fused-ring (bicyclic) bond motifs is 3. The quantitative estimate of drug-likeness (QED) is 0.442. The fourth-order valence-corrected chi connectivity index (χ4v) is 3.84. The maximum atomic E-state index is 4.96. The van der Waals surface area contributed by atoms with Gasteiger partial charge in [-0.1, -0.05) is 69.3 Å². The molecule has 2 aromatic carbocycles. The van der Waals surface area contributed by atoms with E-state index >= 15 is 0 Å². The number of hydrogen-bond acceptors (Lipinski definition) is 3. The fraction of sp³-hybridized carbons (Fsp3) is 0.200. The molecule has 23 heavy (non-hydrogen) atoms. The summed E-state index contributed by atoms with van der Waals surface area (Å²) in [6, 6.07) is 18.9. The molecule has 0 spiro atoms. The molecule has 0 unspecified atom stereocenters. The monoisotopic (exact) mass is 318 g/mol. The Morgan fingerprint density at radius 3 is 2.26 bits per heavy atom. The average molecular weight is 318 g/mol. The first-order valence-electron chi connectivity index (χ1n) is 7.79. The number of aromatic nitrogens is 2. The standard InChI is InChI=1S/C20H18N2S/c1-20(2,3)19-21-17(13-9-5-4-6-10-13)16-14-11-7-8-12-15(14)23-18(16)22-19/h4-12H,1-3H3. The van der Waals surface area contributed by atoms with Gasteiger partial charge in [-0.2, -0.15) is 0 Å². The zero-order chi connectivity index (χ0) is 16.0. The molecule has 0 saturated carbocycles. The highest BCUT2D eigenvalue weighted by Gasteiger charge is 2.22. The van der Waals surface area contributed by atoms with E-state index < -0.39 is 0 Å². The molecule has 0 saturated heterocycles. The van der Waals surface area contributed by atoms with Crippen LogP contribution in [0.1, 0.15) is 26.6 Å². The number of rotatable bonds is 1. The smallest absolute Gasteiger partial charge is 0.136 e. The van der Waals surface area contributed by atoms with Crippen LogP contribution in [0.3, 0.4) is 0 Å². The van der Waals surface area contributed by atoms with Gasteiger partial charge >= 0.3 is 0 Å². The van der Waals surface area contributed by atoms with Crippen LogP contribution in [-0.2, 0) is 5.41 Å². The van der Waals surface area contributed by atoms with Gasteiger partial charge in [0.2, 0.25) is 0 Å². The first-order chi connectivity index (χ1) is 11.0. The highest BCUT2D eigenvalue weighted by atomic mass is 32.1. The predicted octanol–water partition coefficient (Wildman–Crippen LogP) is 5.81. The van der Waals surface area contributed by atoms with Crippen molar-refractivity contribution in [2.24, 2.45) is 0 Å². The summed E-state index contributed by atoms with van der Waals surface area (Å²) in [5.74, 6) is 0.899. The van der Waals surface area contributed by atoms with E-state index in [-0.39, 0.29) is 5.41 Å². The minimum atomic E-state index is -0.0755. The van der Waals surface area contributed by atoms with Crippen LogP contribution < -0.4 is 0 Å². The van der Waals surface area contributed by atoms with Gasteiger partial charge in [0.05, 0.1) is 5.69 Å².